The van der Waals surface area contributed by atoms with Crippen molar-refractivity contribution in [3.05, 3.63) is 70.9 Å². The monoisotopic (exact) mass is 466 g/mol. The van der Waals surface area contributed by atoms with Gasteiger partial charge < -0.3 is 10.4 Å². The van der Waals surface area contributed by atoms with E-state index in [0.717, 1.165) is 61.7 Å². The number of benzene rings is 2. The summed E-state index contributed by atoms with van der Waals surface area (Å²) in [7, 11) is 0. The number of para-hydroxylation sites is 1. The van der Waals surface area contributed by atoms with Gasteiger partial charge in [0.25, 0.3) is 0 Å². The molecule has 0 radical (unpaired) electrons. The second-order valence-electron chi connectivity index (χ2n) is 9.48. The summed E-state index contributed by atoms with van der Waals surface area (Å²) in [6.07, 6.45) is 3.89. The molecule has 1 aromatic heterocycles. The van der Waals surface area contributed by atoms with Gasteiger partial charge in [0, 0.05) is 68.1 Å². The number of hydrogen-bond donors (Lipinski definition) is 2. The SMILES string of the molecule is OC(CNc1c2c(nc3ccccc13)CCCC2)CN1CCN(Cc2cc(F)ccc2F)CC1. The van der Waals surface area contributed by atoms with E-state index < -0.39 is 11.9 Å². The van der Waals surface area contributed by atoms with E-state index in [9.17, 15) is 13.9 Å². The Morgan fingerprint density at radius 3 is 2.59 bits per heavy atom. The molecular formula is C27H32F2N4O. The van der Waals surface area contributed by atoms with E-state index in [1.807, 2.05) is 12.1 Å². The van der Waals surface area contributed by atoms with Crippen LogP contribution in [-0.4, -0.2) is 65.3 Å². The van der Waals surface area contributed by atoms with Crippen molar-refractivity contribution in [1.29, 1.82) is 0 Å². The lowest BCUT2D eigenvalue weighted by Gasteiger charge is -2.35. The first-order chi connectivity index (χ1) is 16.6. The number of aliphatic hydroxyl groups is 1. The molecular weight excluding hydrogens is 434 g/mol. The number of anilines is 1. The molecule has 1 aliphatic carbocycles. The van der Waals surface area contributed by atoms with Crippen molar-refractivity contribution >= 4 is 16.6 Å². The van der Waals surface area contributed by atoms with Crippen molar-refractivity contribution in [3.63, 3.8) is 0 Å². The first kappa shape index (κ1) is 23.1. The average Bonchev–Trinajstić information content (AvgIpc) is 2.85. The summed E-state index contributed by atoms with van der Waals surface area (Å²) < 4.78 is 27.4. The van der Waals surface area contributed by atoms with Crippen LogP contribution in [0, 0.1) is 11.6 Å². The van der Waals surface area contributed by atoms with E-state index in [-0.39, 0.29) is 5.82 Å². The van der Waals surface area contributed by atoms with Crippen LogP contribution in [0.4, 0.5) is 14.5 Å². The first-order valence-electron chi connectivity index (χ1n) is 12.3. The highest BCUT2D eigenvalue weighted by Gasteiger charge is 2.22. The summed E-state index contributed by atoms with van der Waals surface area (Å²) in [5, 5.41) is 15.5. The number of aryl methyl sites for hydroxylation is 1. The molecule has 2 aromatic carbocycles. The standard InChI is InChI=1S/C27H32F2N4O/c28-20-9-10-24(29)19(15-20)17-32-11-13-33(14-12-32)18-21(34)16-30-27-22-5-1-3-7-25(22)31-26-8-4-2-6-23(26)27/h1,3,5,7,9-10,15,21,34H,2,4,6,8,11-14,16-18H2,(H,30,31). The molecule has 1 saturated heterocycles. The van der Waals surface area contributed by atoms with E-state index >= 15 is 0 Å². The van der Waals surface area contributed by atoms with E-state index in [4.69, 9.17) is 4.98 Å². The van der Waals surface area contributed by atoms with Gasteiger partial charge in [-0.25, -0.2) is 8.78 Å². The number of nitrogens with zero attached hydrogens (tertiary/aromatic N) is 3. The van der Waals surface area contributed by atoms with Crippen LogP contribution in [0.25, 0.3) is 10.9 Å². The van der Waals surface area contributed by atoms with E-state index in [1.165, 1.54) is 36.2 Å². The van der Waals surface area contributed by atoms with Crippen LogP contribution in [-0.2, 0) is 19.4 Å². The van der Waals surface area contributed by atoms with Gasteiger partial charge in [-0.05, 0) is 55.5 Å². The van der Waals surface area contributed by atoms with Gasteiger partial charge in [-0.15, -0.1) is 0 Å². The van der Waals surface area contributed by atoms with Crippen molar-refractivity contribution in [2.24, 2.45) is 0 Å². The number of aromatic nitrogens is 1. The zero-order valence-electron chi connectivity index (χ0n) is 19.4. The molecule has 5 rings (SSSR count). The minimum Gasteiger partial charge on any atom is -0.390 e. The summed E-state index contributed by atoms with van der Waals surface area (Å²) >= 11 is 0. The Labute approximate surface area is 199 Å². The van der Waals surface area contributed by atoms with Crippen molar-refractivity contribution in [2.75, 3.05) is 44.6 Å². The van der Waals surface area contributed by atoms with Gasteiger partial charge >= 0.3 is 0 Å². The molecule has 2 heterocycles. The van der Waals surface area contributed by atoms with Crippen molar-refractivity contribution in [3.8, 4) is 0 Å². The molecule has 2 N–H and O–H groups in total. The van der Waals surface area contributed by atoms with Gasteiger partial charge in [-0.3, -0.25) is 14.8 Å². The summed E-state index contributed by atoms with van der Waals surface area (Å²) in [6.45, 7) is 4.58. The average molecular weight is 467 g/mol. The van der Waals surface area contributed by atoms with Crippen LogP contribution in [0.5, 0.6) is 0 Å². The van der Waals surface area contributed by atoms with Gasteiger partial charge in [0.15, 0.2) is 0 Å². The molecule has 0 spiro atoms. The van der Waals surface area contributed by atoms with Gasteiger partial charge in [-0.2, -0.15) is 0 Å². The highest BCUT2D eigenvalue weighted by atomic mass is 19.1. The second kappa shape index (κ2) is 10.3. The fourth-order valence-electron chi connectivity index (χ4n) is 5.19. The van der Waals surface area contributed by atoms with Crippen LogP contribution >= 0.6 is 0 Å². The molecule has 0 bridgehead atoms. The number of piperazine rings is 1. The fourth-order valence-corrected chi connectivity index (χ4v) is 5.19. The van der Waals surface area contributed by atoms with Gasteiger partial charge in [0.05, 0.1) is 11.6 Å². The number of hydrogen-bond acceptors (Lipinski definition) is 5. The lowest BCUT2D eigenvalue weighted by atomic mass is 9.92. The molecule has 180 valence electrons. The third-order valence-corrected chi connectivity index (χ3v) is 7.02. The Balaban J connectivity index is 1.16. The van der Waals surface area contributed by atoms with E-state index in [2.05, 4.69) is 27.2 Å². The fraction of sp³-hybridized carbons (Fsp3) is 0.444. The van der Waals surface area contributed by atoms with Gasteiger partial charge in [0.2, 0.25) is 0 Å². The maximum atomic E-state index is 14.0. The minimum absolute atomic E-state index is 0.365. The number of nitrogens with one attached hydrogen (secondary N) is 1. The summed E-state index contributed by atoms with van der Waals surface area (Å²) in [5.74, 6) is -0.773. The predicted octanol–water partition coefficient (Wildman–Crippen LogP) is 3.98. The van der Waals surface area contributed by atoms with Crippen LogP contribution in [0.1, 0.15) is 29.7 Å². The molecule has 5 nitrogen and oxygen atoms in total. The summed E-state index contributed by atoms with van der Waals surface area (Å²) in [6, 6.07) is 11.8. The quantitative estimate of drug-likeness (QED) is 0.552. The van der Waals surface area contributed by atoms with Crippen LogP contribution < -0.4 is 5.32 Å². The molecule has 1 unspecified atom stereocenters. The number of rotatable bonds is 7. The molecule has 7 heteroatoms. The number of pyridine rings is 1. The Morgan fingerprint density at radius 2 is 1.74 bits per heavy atom. The number of fused-ring (bicyclic) bond motifs is 2. The Bertz CT molecular complexity index is 1150. The minimum atomic E-state index is -0.501. The van der Waals surface area contributed by atoms with Crippen molar-refractivity contribution < 1.29 is 13.9 Å². The lowest BCUT2D eigenvalue weighted by Crippen LogP contribution is -2.49. The third-order valence-electron chi connectivity index (χ3n) is 7.02. The topological polar surface area (TPSA) is 51.6 Å². The first-order valence-corrected chi connectivity index (χ1v) is 12.3. The largest absolute Gasteiger partial charge is 0.390 e. The van der Waals surface area contributed by atoms with Crippen molar-refractivity contribution in [1.82, 2.24) is 14.8 Å². The normalized spacial score (nSPS) is 18.1. The second-order valence-corrected chi connectivity index (χ2v) is 9.48. The zero-order valence-corrected chi connectivity index (χ0v) is 19.4. The summed E-state index contributed by atoms with van der Waals surface area (Å²) in [5.41, 5.74) is 5.01. The molecule has 2 aliphatic rings. The van der Waals surface area contributed by atoms with Crippen LogP contribution in [0.15, 0.2) is 42.5 Å². The molecule has 0 saturated carbocycles. The Morgan fingerprint density at radius 1 is 0.971 bits per heavy atom. The van der Waals surface area contributed by atoms with E-state index in [1.54, 1.807) is 0 Å². The molecule has 0 amide bonds. The number of halogens is 2. The molecule has 3 aromatic rings. The maximum absolute atomic E-state index is 14.0. The van der Waals surface area contributed by atoms with Crippen molar-refractivity contribution in [2.45, 2.75) is 38.3 Å². The highest BCUT2D eigenvalue weighted by Crippen LogP contribution is 2.33. The smallest absolute Gasteiger partial charge is 0.127 e. The number of β-amino-alcohol motifs (C(OH)–C–C–N with tert-alkyl or cyclic N) is 1. The zero-order chi connectivity index (χ0) is 23.5. The predicted molar refractivity (Wildman–Crippen MR) is 131 cm³/mol. The molecule has 1 atom stereocenters. The summed E-state index contributed by atoms with van der Waals surface area (Å²) in [4.78, 5) is 9.26. The van der Waals surface area contributed by atoms with Gasteiger partial charge in [-0.1, -0.05) is 18.2 Å². The molecule has 1 fully saturated rings. The van der Waals surface area contributed by atoms with Crippen LogP contribution in [0.2, 0.25) is 0 Å². The van der Waals surface area contributed by atoms with Crippen LogP contribution in [0.3, 0.4) is 0 Å². The Hall–Kier alpha value is -2.61. The number of aliphatic hydroxyl groups excluding tert-OH is 1. The molecule has 34 heavy (non-hydrogen) atoms. The highest BCUT2D eigenvalue weighted by molar-refractivity contribution is 5.93. The van der Waals surface area contributed by atoms with E-state index in [0.29, 0.717) is 25.2 Å². The molecule has 1 aliphatic heterocycles. The van der Waals surface area contributed by atoms with Gasteiger partial charge in [0.1, 0.15) is 11.6 Å². The lowest BCUT2D eigenvalue weighted by molar-refractivity contribution is 0.0752. The third kappa shape index (κ3) is 5.22. The maximum Gasteiger partial charge on any atom is 0.127 e. The Kier molecular flexibility index (Phi) is 7.04.